The number of morpholine rings is 1. The first kappa shape index (κ1) is 19.5. The van der Waals surface area contributed by atoms with Crippen molar-refractivity contribution in [3.63, 3.8) is 0 Å². The Hall–Kier alpha value is -1.85. The molecule has 1 N–H and O–H groups in total. The molecule has 25 heavy (non-hydrogen) atoms. The van der Waals surface area contributed by atoms with Gasteiger partial charge in [-0.25, -0.2) is 0 Å². The van der Waals surface area contributed by atoms with Crippen molar-refractivity contribution in [2.45, 2.75) is 45.3 Å². The molecule has 0 saturated carbocycles. The van der Waals surface area contributed by atoms with Gasteiger partial charge >= 0.3 is 0 Å². The number of nitrogens with one attached hydrogen (secondary N) is 1. The molecule has 2 unspecified atom stereocenters. The lowest BCUT2D eigenvalue weighted by molar-refractivity contribution is -0.121. The summed E-state index contributed by atoms with van der Waals surface area (Å²) >= 11 is 0. The zero-order valence-electron chi connectivity index (χ0n) is 15.6. The molecule has 0 bridgehead atoms. The van der Waals surface area contributed by atoms with Crippen LogP contribution in [0.2, 0.25) is 0 Å². The molecule has 0 amide bonds. The topological polar surface area (TPSA) is 56.8 Å². The molecule has 0 spiro atoms. The number of methoxy groups -OCH3 is 1. The molecule has 1 saturated heterocycles. The van der Waals surface area contributed by atoms with Crippen LogP contribution in [-0.4, -0.2) is 44.3 Å². The third-order valence-corrected chi connectivity index (χ3v) is 4.27. The number of carbonyl (C=O) groups is 1. The lowest BCUT2D eigenvalue weighted by Gasteiger charge is -2.38. The maximum atomic E-state index is 12.2. The van der Waals surface area contributed by atoms with Gasteiger partial charge in [0.1, 0.15) is 0 Å². The van der Waals surface area contributed by atoms with E-state index in [1.165, 1.54) is 0 Å². The molecule has 138 valence electrons. The minimum absolute atomic E-state index is 0.0934. The molecule has 1 heterocycles. The van der Waals surface area contributed by atoms with Crippen molar-refractivity contribution in [3.05, 3.63) is 29.8 Å². The van der Waals surface area contributed by atoms with E-state index in [0.717, 1.165) is 18.7 Å². The van der Waals surface area contributed by atoms with E-state index >= 15 is 0 Å². The normalized spacial score (nSPS) is 23.6. The third kappa shape index (κ3) is 5.87. The average Bonchev–Trinajstić information content (AvgIpc) is 2.59. The van der Waals surface area contributed by atoms with Crippen LogP contribution in [0.3, 0.4) is 0 Å². The highest BCUT2D eigenvalue weighted by atomic mass is 16.5. The number of hydrogen-bond acceptors (Lipinski definition) is 5. The number of rotatable bonds is 8. The summed E-state index contributed by atoms with van der Waals surface area (Å²) in [7, 11) is 1.61. The van der Waals surface area contributed by atoms with Crippen LogP contribution in [0.5, 0.6) is 11.5 Å². The van der Waals surface area contributed by atoms with Gasteiger partial charge in [0, 0.05) is 19.5 Å². The number of ketones is 1. The third-order valence-electron chi connectivity index (χ3n) is 4.27. The molecule has 5 heteroatoms. The summed E-state index contributed by atoms with van der Waals surface area (Å²) in [5.74, 6) is 1.47. The molecule has 0 aliphatic carbocycles. The second kappa shape index (κ2) is 9.02. The summed E-state index contributed by atoms with van der Waals surface area (Å²) in [4.78, 5) is 12.2. The van der Waals surface area contributed by atoms with Crippen LogP contribution < -0.4 is 14.8 Å². The van der Waals surface area contributed by atoms with Gasteiger partial charge in [-0.15, -0.1) is 0 Å². The zero-order chi connectivity index (χ0) is 18.3. The van der Waals surface area contributed by atoms with Crippen LogP contribution in [-0.2, 0) is 9.53 Å². The monoisotopic (exact) mass is 347 g/mol. The smallest absolute Gasteiger partial charge is 0.161 e. The van der Waals surface area contributed by atoms with Crippen molar-refractivity contribution in [1.29, 1.82) is 0 Å². The molecule has 2 rings (SSSR count). The van der Waals surface area contributed by atoms with Crippen LogP contribution in [0.1, 0.15) is 39.2 Å². The Morgan fingerprint density at radius 3 is 2.92 bits per heavy atom. The highest BCUT2D eigenvalue weighted by Crippen LogP contribution is 2.28. The van der Waals surface area contributed by atoms with E-state index in [1.807, 2.05) is 38.1 Å². The van der Waals surface area contributed by atoms with Crippen LogP contribution in [0.4, 0.5) is 0 Å². The van der Waals surface area contributed by atoms with E-state index in [9.17, 15) is 4.79 Å². The predicted octanol–water partition coefficient (Wildman–Crippen LogP) is 3.22. The second-order valence-electron chi connectivity index (χ2n) is 6.65. The lowest BCUT2D eigenvalue weighted by atomic mass is 9.96. The molecule has 0 radical (unpaired) electrons. The van der Waals surface area contributed by atoms with Gasteiger partial charge in [-0.3, -0.25) is 4.79 Å². The number of ether oxygens (including phenoxy) is 3. The Bertz CT molecular complexity index is 614. The molecule has 5 nitrogen and oxygen atoms in total. The van der Waals surface area contributed by atoms with Gasteiger partial charge in [0.25, 0.3) is 0 Å². The van der Waals surface area contributed by atoms with E-state index in [4.69, 9.17) is 14.2 Å². The summed E-state index contributed by atoms with van der Waals surface area (Å²) in [6, 6.07) is 5.64. The molecule has 1 aliphatic heterocycles. The van der Waals surface area contributed by atoms with Crippen molar-refractivity contribution in [1.82, 2.24) is 5.32 Å². The van der Waals surface area contributed by atoms with Crippen LogP contribution in [0.25, 0.3) is 6.08 Å². The highest BCUT2D eigenvalue weighted by Gasteiger charge is 2.31. The van der Waals surface area contributed by atoms with E-state index in [0.29, 0.717) is 30.9 Å². The van der Waals surface area contributed by atoms with Crippen molar-refractivity contribution in [2.24, 2.45) is 0 Å². The van der Waals surface area contributed by atoms with Gasteiger partial charge in [-0.05, 0) is 51.0 Å². The minimum Gasteiger partial charge on any atom is -0.493 e. The number of benzene rings is 1. The molecule has 1 aliphatic rings. The number of carbonyl (C=O) groups excluding carboxylic acids is 1. The zero-order valence-corrected chi connectivity index (χ0v) is 15.6. The molecule has 1 fully saturated rings. The fourth-order valence-electron chi connectivity index (χ4n) is 2.98. The van der Waals surface area contributed by atoms with Gasteiger partial charge in [0.2, 0.25) is 0 Å². The van der Waals surface area contributed by atoms with Crippen molar-refractivity contribution >= 4 is 11.9 Å². The summed E-state index contributed by atoms with van der Waals surface area (Å²) in [5, 5.41) is 3.35. The Morgan fingerprint density at radius 2 is 2.24 bits per heavy atom. The van der Waals surface area contributed by atoms with Gasteiger partial charge in [-0.1, -0.05) is 12.1 Å². The first-order valence-electron chi connectivity index (χ1n) is 8.86. The minimum atomic E-state index is -0.274. The Kier molecular flexibility index (Phi) is 7.02. The van der Waals surface area contributed by atoms with Gasteiger partial charge in [0.05, 0.1) is 25.4 Å². The lowest BCUT2D eigenvalue weighted by Crippen LogP contribution is -2.51. The number of allylic oxidation sites excluding steroid dienone is 1. The fraction of sp³-hybridized carbons (Fsp3) is 0.550. The Balaban J connectivity index is 1.91. The summed E-state index contributed by atoms with van der Waals surface area (Å²) < 4.78 is 16.8. The van der Waals surface area contributed by atoms with E-state index in [2.05, 4.69) is 12.2 Å². The molecule has 1 aromatic rings. The van der Waals surface area contributed by atoms with Crippen LogP contribution >= 0.6 is 0 Å². The Labute approximate surface area is 150 Å². The summed E-state index contributed by atoms with van der Waals surface area (Å²) in [5.41, 5.74) is 0.632. The summed E-state index contributed by atoms with van der Waals surface area (Å²) in [6.07, 6.45) is 4.79. The largest absolute Gasteiger partial charge is 0.493 e. The average molecular weight is 347 g/mol. The maximum absolute atomic E-state index is 12.2. The number of hydrogen-bond donors (Lipinski definition) is 1. The SMILES string of the molecule is CCOc1ccc(C=CC(=O)CCC2(C)CNCC(C)O2)cc1OC. The molecule has 1 aromatic carbocycles. The first-order chi connectivity index (χ1) is 12.0. The van der Waals surface area contributed by atoms with Crippen LogP contribution in [0, 0.1) is 0 Å². The molecular weight excluding hydrogens is 318 g/mol. The van der Waals surface area contributed by atoms with E-state index in [1.54, 1.807) is 13.2 Å². The van der Waals surface area contributed by atoms with E-state index < -0.39 is 0 Å². The molecule has 2 atom stereocenters. The second-order valence-corrected chi connectivity index (χ2v) is 6.65. The molecule has 0 aromatic heterocycles. The van der Waals surface area contributed by atoms with Crippen molar-refractivity contribution < 1.29 is 19.0 Å². The van der Waals surface area contributed by atoms with Crippen LogP contribution in [0.15, 0.2) is 24.3 Å². The fourth-order valence-corrected chi connectivity index (χ4v) is 2.98. The maximum Gasteiger partial charge on any atom is 0.161 e. The standard InChI is InChI=1S/C20H29NO4/c1-5-24-18-9-7-16(12-19(18)23-4)6-8-17(22)10-11-20(3)14-21-13-15(2)25-20/h6-9,12,15,21H,5,10-11,13-14H2,1-4H3. The van der Waals surface area contributed by atoms with Gasteiger partial charge < -0.3 is 19.5 Å². The van der Waals surface area contributed by atoms with Crippen molar-refractivity contribution in [2.75, 3.05) is 26.8 Å². The van der Waals surface area contributed by atoms with Gasteiger partial charge in [0.15, 0.2) is 17.3 Å². The first-order valence-corrected chi connectivity index (χ1v) is 8.86. The Morgan fingerprint density at radius 1 is 1.44 bits per heavy atom. The predicted molar refractivity (Wildman–Crippen MR) is 99.3 cm³/mol. The molecular formula is C20H29NO4. The summed E-state index contributed by atoms with van der Waals surface area (Å²) in [6.45, 7) is 8.26. The van der Waals surface area contributed by atoms with Crippen molar-refractivity contribution in [3.8, 4) is 11.5 Å². The highest BCUT2D eigenvalue weighted by molar-refractivity contribution is 5.93. The van der Waals surface area contributed by atoms with Gasteiger partial charge in [-0.2, -0.15) is 0 Å². The van der Waals surface area contributed by atoms with E-state index in [-0.39, 0.29) is 17.5 Å². The quantitative estimate of drug-likeness (QED) is 0.732.